The molecule has 1 aromatic heterocycles. The number of nitrogens with two attached hydrogens (primary N) is 1. The van der Waals surface area contributed by atoms with Crippen molar-refractivity contribution in [2.24, 2.45) is 0 Å². The van der Waals surface area contributed by atoms with E-state index in [9.17, 15) is 4.79 Å². The van der Waals surface area contributed by atoms with Gasteiger partial charge in [0.1, 0.15) is 4.88 Å². The van der Waals surface area contributed by atoms with Crippen molar-refractivity contribution in [3.8, 4) is 0 Å². The predicted molar refractivity (Wildman–Crippen MR) is 80.3 cm³/mol. The van der Waals surface area contributed by atoms with Gasteiger partial charge in [0.2, 0.25) is 0 Å². The minimum absolute atomic E-state index is 0.146. The molecule has 0 atom stereocenters. The summed E-state index contributed by atoms with van der Waals surface area (Å²) in [6.07, 6.45) is 0. The second-order valence-corrected chi connectivity index (χ2v) is 5.85. The highest BCUT2D eigenvalue weighted by molar-refractivity contribution is 9.10. The number of aryl methyl sites for hydroxylation is 2. The summed E-state index contributed by atoms with van der Waals surface area (Å²) in [5.74, 6) is -0.146. The van der Waals surface area contributed by atoms with Crippen LogP contribution in [0.5, 0.6) is 0 Å². The molecule has 0 aliphatic rings. The molecular weight excluding hydrogens is 312 g/mol. The third-order valence-electron chi connectivity index (χ3n) is 2.74. The molecule has 18 heavy (non-hydrogen) atoms. The molecule has 3 nitrogen and oxygen atoms in total. The molecule has 3 N–H and O–H groups in total. The van der Waals surface area contributed by atoms with Crippen molar-refractivity contribution in [3.05, 3.63) is 44.1 Å². The van der Waals surface area contributed by atoms with E-state index in [4.69, 9.17) is 5.73 Å². The third-order valence-corrected chi connectivity index (χ3v) is 4.57. The summed E-state index contributed by atoms with van der Waals surface area (Å²) in [4.78, 5) is 12.7. The highest BCUT2D eigenvalue weighted by atomic mass is 79.9. The number of amides is 1. The molecule has 1 amide bonds. The second-order valence-electron chi connectivity index (χ2n) is 4.08. The highest BCUT2D eigenvalue weighted by Crippen LogP contribution is 2.27. The molecule has 0 saturated heterocycles. The Labute approximate surface area is 118 Å². The van der Waals surface area contributed by atoms with Crippen LogP contribution in [0.1, 0.15) is 20.8 Å². The molecule has 0 fully saturated rings. The molecule has 1 heterocycles. The first kappa shape index (κ1) is 13.1. The lowest BCUT2D eigenvalue weighted by atomic mass is 10.1. The van der Waals surface area contributed by atoms with Crippen molar-refractivity contribution >= 4 is 44.5 Å². The van der Waals surface area contributed by atoms with E-state index in [0.717, 1.165) is 15.6 Å². The van der Waals surface area contributed by atoms with E-state index < -0.39 is 0 Å². The van der Waals surface area contributed by atoms with Crippen LogP contribution in [0.15, 0.2) is 28.1 Å². The van der Waals surface area contributed by atoms with Crippen LogP contribution in [0.2, 0.25) is 0 Å². The number of thiophene rings is 1. The largest absolute Gasteiger partial charge is 0.397 e. The summed E-state index contributed by atoms with van der Waals surface area (Å²) in [5.41, 5.74) is 9.36. The fraction of sp³-hybridized carbons (Fsp3) is 0.154. The van der Waals surface area contributed by atoms with Gasteiger partial charge in [-0.25, -0.2) is 0 Å². The van der Waals surface area contributed by atoms with Gasteiger partial charge in [0.25, 0.3) is 5.91 Å². The molecule has 0 spiro atoms. The van der Waals surface area contributed by atoms with E-state index >= 15 is 0 Å². The quantitative estimate of drug-likeness (QED) is 0.821. The Balaban J connectivity index is 2.28. The van der Waals surface area contributed by atoms with Crippen molar-refractivity contribution in [1.29, 1.82) is 0 Å². The smallest absolute Gasteiger partial charge is 0.266 e. The monoisotopic (exact) mass is 324 g/mol. The number of anilines is 2. The molecule has 0 aliphatic heterocycles. The number of nitrogens with one attached hydrogen (secondary N) is 1. The van der Waals surface area contributed by atoms with Crippen LogP contribution in [0, 0.1) is 13.8 Å². The number of halogens is 1. The van der Waals surface area contributed by atoms with Crippen molar-refractivity contribution in [2.75, 3.05) is 11.1 Å². The number of hydrogen-bond donors (Lipinski definition) is 2. The van der Waals surface area contributed by atoms with Gasteiger partial charge in [0, 0.05) is 4.47 Å². The Morgan fingerprint density at radius 2 is 2.00 bits per heavy atom. The lowest BCUT2D eigenvalue weighted by Crippen LogP contribution is -2.12. The van der Waals surface area contributed by atoms with E-state index in [0.29, 0.717) is 16.3 Å². The Bertz CT molecular complexity index is 607. The Hall–Kier alpha value is -1.33. The zero-order chi connectivity index (χ0) is 13.3. The fourth-order valence-electron chi connectivity index (χ4n) is 1.58. The minimum atomic E-state index is -0.146. The van der Waals surface area contributed by atoms with Gasteiger partial charge in [-0.3, -0.25) is 4.79 Å². The van der Waals surface area contributed by atoms with Crippen molar-refractivity contribution in [1.82, 2.24) is 0 Å². The van der Waals surface area contributed by atoms with Crippen molar-refractivity contribution < 1.29 is 4.79 Å². The Morgan fingerprint density at radius 1 is 1.33 bits per heavy atom. The summed E-state index contributed by atoms with van der Waals surface area (Å²) in [6.45, 7) is 3.98. The van der Waals surface area contributed by atoms with Gasteiger partial charge in [-0.05, 0) is 64.5 Å². The van der Waals surface area contributed by atoms with E-state index in [1.807, 2.05) is 37.4 Å². The summed E-state index contributed by atoms with van der Waals surface area (Å²) in [5, 5.41) is 4.70. The van der Waals surface area contributed by atoms with Gasteiger partial charge in [0.05, 0.1) is 11.4 Å². The van der Waals surface area contributed by atoms with E-state index in [1.54, 1.807) is 0 Å². The lowest BCUT2D eigenvalue weighted by Gasteiger charge is -2.10. The van der Waals surface area contributed by atoms with Gasteiger partial charge in [-0.1, -0.05) is 0 Å². The molecule has 1 aromatic carbocycles. The first-order chi connectivity index (χ1) is 8.49. The molecule has 0 aliphatic carbocycles. The molecule has 0 unspecified atom stereocenters. The van der Waals surface area contributed by atoms with E-state index in [2.05, 4.69) is 21.2 Å². The molecule has 2 rings (SSSR count). The van der Waals surface area contributed by atoms with Crippen LogP contribution < -0.4 is 11.1 Å². The summed E-state index contributed by atoms with van der Waals surface area (Å²) in [7, 11) is 0. The summed E-state index contributed by atoms with van der Waals surface area (Å²) >= 11 is 4.73. The van der Waals surface area contributed by atoms with Gasteiger partial charge >= 0.3 is 0 Å². The number of benzene rings is 1. The predicted octanol–water partition coefficient (Wildman–Crippen LogP) is 3.96. The van der Waals surface area contributed by atoms with Crippen molar-refractivity contribution in [2.45, 2.75) is 13.8 Å². The molecule has 0 bridgehead atoms. The highest BCUT2D eigenvalue weighted by Gasteiger charge is 2.13. The SMILES string of the molecule is Cc1cc(N)c(NC(=O)c2sccc2Br)cc1C. The molecule has 5 heteroatoms. The first-order valence-corrected chi connectivity index (χ1v) is 7.07. The van der Waals surface area contributed by atoms with Crippen LogP contribution in [0.3, 0.4) is 0 Å². The number of carbonyl (C=O) groups is 1. The van der Waals surface area contributed by atoms with Gasteiger partial charge in [-0.2, -0.15) is 0 Å². The zero-order valence-corrected chi connectivity index (χ0v) is 12.5. The van der Waals surface area contributed by atoms with Crippen LogP contribution in [-0.4, -0.2) is 5.91 Å². The lowest BCUT2D eigenvalue weighted by molar-refractivity contribution is 0.103. The molecule has 0 saturated carbocycles. The van der Waals surface area contributed by atoms with Crippen LogP contribution >= 0.6 is 27.3 Å². The average Bonchev–Trinajstić information content (AvgIpc) is 2.72. The van der Waals surface area contributed by atoms with Crippen molar-refractivity contribution in [3.63, 3.8) is 0 Å². The van der Waals surface area contributed by atoms with Crippen LogP contribution in [0.25, 0.3) is 0 Å². The maximum atomic E-state index is 12.1. The summed E-state index contributed by atoms with van der Waals surface area (Å²) in [6, 6.07) is 5.61. The Morgan fingerprint density at radius 3 is 2.61 bits per heavy atom. The fourth-order valence-corrected chi connectivity index (χ4v) is 3.03. The first-order valence-electron chi connectivity index (χ1n) is 5.40. The average molecular weight is 325 g/mol. The molecule has 2 aromatic rings. The zero-order valence-electron chi connectivity index (χ0n) is 10.1. The maximum absolute atomic E-state index is 12.1. The normalized spacial score (nSPS) is 10.4. The third kappa shape index (κ3) is 2.57. The van der Waals surface area contributed by atoms with E-state index in [1.165, 1.54) is 11.3 Å². The number of nitrogen functional groups attached to an aromatic ring is 1. The van der Waals surface area contributed by atoms with E-state index in [-0.39, 0.29) is 5.91 Å². The van der Waals surface area contributed by atoms with Crippen LogP contribution in [-0.2, 0) is 0 Å². The number of rotatable bonds is 2. The number of hydrogen-bond acceptors (Lipinski definition) is 3. The van der Waals surface area contributed by atoms with Gasteiger partial charge in [0.15, 0.2) is 0 Å². The minimum Gasteiger partial charge on any atom is -0.397 e. The summed E-state index contributed by atoms with van der Waals surface area (Å²) < 4.78 is 0.799. The topological polar surface area (TPSA) is 55.1 Å². The molecule has 0 radical (unpaired) electrons. The van der Waals surface area contributed by atoms with Gasteiger partial charge in [-0.15, -0.1) is 11.3 Å². The second kappa shape index (κ2) is 5.12. The molecular formula is C13H13BrN2OS. The maximum Gasteiger partial charge on any atom is 0.266 e. The Kier molecular flexibility index (Phi) is 3.73. The van der Waals surface area contributed by atoms with Crippen LogP contribution in [0.4, 0.5) is 11.4 Å². The molecule has 94 valence electrons. The standard InChI is InChI=1S/C13H13BrN2OS/c1-7-5-10(15)11(6-8(7)2)16-13(17)12-9(14)3-4-18-12/h3-6H,15H2,1-2H3,(H,16,17). The number of carbonyl (C=O) groups excluding carboxylic acids is 1. The van der Waals surface area contributed by atoms with Gasteiger partial charge < -0.3 is 11.1 Å².